The van der Waals surface area contributed by atoms with Crippen LogP contribution in [-0.2, 0) is 4.79 Å². The van der Waals surface area contributed by atoms with E-state index in [4.69, 9.17) is 32.7 Å². The van der Waals surface area contributed by atoms with E-state index in [2.05, 4.69) is 10.3 Å². The number of rotatable bonds is 9. The number of ether oxygens (including phenoxy) is 2. The van der Waals surface area contributed by atoms with Crippen LogP contribution in [0, 0.1) is 5.41 Å². The van der Waals surface area contributed by atoms with E-state index in [-0.39, 0.29) is 18.1 Å². The Balaban J connectivity index is 1.37. The highest BCUT2D eigenvalue weighted by Crippen LogP contribution is 2.29. The second-order valence-corrected chi connectivity index (χ2v) is 9.50. The predicted molar refractivity (Wildman–Crippen MR) is 124 cm³/mol. The van der Waals surface area contributed by atoms with Crippen molar-refractivity contribution in [3.63, 3.8) is 0 Å². The second kappa shape index (κ2) is 11.1. The van der Waals surface area contributed by atoms with Crippen molar-refractivity contribution in [2.24, 2.45) is 5.41 Å². The zero-order chi connectivity index (χ0) is 22.3. The summed E-state index contributed by atoms with van der Waals surface area (Å²) >= 11 is 12.0. The predicted octanol–water partition coefficient (Wildman–Crippen LogP) is 6.08. The molecule has 1 aromatic heterocycles. The molecule has 0 atom stereocenters. The first-order valence-electron chi connectivity index (χ1n) is 10.8. The lowest BCUT2D eigenvalue weighted by atomic mass is 9.85. The summed E-state index contributed by atoms with van der Waals surface area (Å²) < 4.78 is 11.7. The lowest BCUT2D eigenvalue weighted by Gasteiger charge is -2.32. The largest absolute Gasteiger partial charge is 0.494 e. The molecule has 1 aliphatic carbocycles. The first-order valence-corrected chi connectivity index (χ1v) is 11.5. The number of carbonyl (C=O) groups is 1. The Hall–Kier alpha value is -1.98. The molecule has 5 nitrogen and oxygen atoms in total. The lowest BCUT2D eigenvalue weighted by Crippen LogP contribution is -2.45. The highest BCUT2D eigenvalue weighted by molar-refractivity contribution is 6.32. The van der Waals surface area contributed by atoms with Crippen LogP contribution in [0.4, 0.5) is 0 Å². The molecule has 0 bridgehead atoms. The number of benzene rings is 1. The third kappa shape index (κ3) is 7.29. The molecule has 1 saturated carbocycles. The number of carbonyl (C=O) groups excluding carboxylic acids is 1. The molecule has 1 aromatic carbocycles. The van der Waals surface area contributed by atoms with Gasteiger partial charge >= 0.3 is 0 Å². The van der Waals surface area contributed by atoms with Crippen molar-refractivity contribution >= 4 is 29.1 Å². The van der Waals surface area contributed by atoms with Crippen LogP contribution in [-0.4, -0.2) is 29.6 Å². The van der Waals surface area contributed by atoms with Crippen molar-refractivity contribution in [2.75, 3.05) is 6.61 Å². The summed E-state index contributed by atoms with van der Waals surface area (Å²) in [6, 6.07) is 9.22. The van der Waals surface area contributed by atoms with E-state index < -0.39 is 5.41 Å². The molecule has 2 aromatic rings. The van der Waals surface area contributed by atoms with Gasteiger partial charge in [0.15, 0.2) is 5.75 Å². The van der Waals surface area contributed by atoms with Gasteiger partial charge in [-0.15, -0.1) is 0 Å². The van der Waals surface area contributed by atoms with Crippen LogP contribution in [0.3, 0.4) is 0 Å². The van der Waals surface area contributed by atoms with Crippen molar-refractivity contribution in [3.8, 4) is 11.5 Å². The third-order valence-electron chi connectivity index (χ3n) is 5.68. The minimum absolute atomic E-state index is 0.0960. The van der Waals surface area contributed by atoms with E-state index in [1.54, 1.807) is 30.6 Å². The van der Waals surface area contributed by atoms with Crippen LogP contribution >= 0.6 is 23.2 Å². The standard InChI is InChI=1S/C24H30Cl2N2O3/c1-24(2,13-3-15-30-19-8-4-17(25)5-9-19)23(29)28-18-6-10-20(11-7-18)31-22-16-27-14-12-21(22)26/h4-5,8-9,12,14,16,18,20H,3,6-7,10-11,13,15H2,1-2H3,(H,28,29). The molecule has 1 aliphatic rings. The van der Waals surface area contributed by atoms with E-state index in [1.807, 2.05) is 26.0 Å². The first kappa shape index (κ1) is 23.7. The van der Waals surface area contributed by atoms with Gasteiger partial charge in [0.05, 0.1) is 23.9 Å². The number of halogens is 2. The average molecular weight is 465 g/mol. The fraction of sp³-hybridized carbons (Fsp3) is 0.500. The summed E-state index contributed by atoms with van der Waals surface area (Å²) in [7, 11) is 0. The zero-order valence-corrected chi connectivity index (χ0v) is 19.6. The van der Waals surface area contributed by atoms with Crippen LogP contribution in [0.5, 0.6) is 11.5 Å². The van der Waals surface area contributed by atoms with Gasteiger partial charge in [-0.2, -0.15) is 0 Å². The van der Waals surface area contributed by atoms with Gasteiger partial charge in [-0.05, 0) is 68.9 Å². The molecule has 0 unspecified atom stereocenters. The van der Waals surface area contributed by atoms with Gasteiger partial charge in [0, 0.05) is 22.7 Å². The minimum atomic E-state index is -0.445. The number of aromatic nitrogens is 1. The van der Waals surface area contributed by atoms with Gasteiger partial charge in [0.2, 0.25) is 5.91 Å². The summed E-state index contributed by atoms with van der Waals surface area (Å²) in [5.74, 6) is 1.51. The Morgan fingerprint density at radius 2 is 1.84 bits per heavy atom. The Labute approximate surface area is 194 Å². The quantitative estimate of drug-likeness (QED) is 0.456. The van der Waals surface area contributed by atoms with Gasteiger partial charge in [0.25, 0.3) is 0 Å². The molecule has 0 radical (unpaired) electrons. The van der Waals surface area contributed by atoms with E-state index in [1.165, 1.54) is 0 Å². The van der Waals surface area contributed by atoms with Crippen molar-refractivity contribution in [3.05, 3.63) is 52.8 Å². The van der Waals surface area contributed by atoms with Gasteiger partial charge < -0.3 is 14.8 Å². The van der Waals surface area contributed by atoms with Crippen LogP contribution in [0.1, 0.15) is 52.4 Å². The van der Waals surface area contributed by atoms with Crippen LogP contribution in [0.2, 0.25) is 10.0 Å². The van der Waals surface area contributed by atoms with Crippen LogP contribution < -0.4 is 14.8 Å². The summed E-state index contributed by atoms with van der Waals surface area (Å²) in [4.78, 5) is 16.9. The zero-order valence-electron chi connectivity index (χ0n) is 18.1. The molecule has 1 N–H and O–H groups in total. The summed E-state index contributed by atoms with van der Waals surface area (Å²) in [6.07, 6.45) is 8.50. The molecule has 168 valence electrons. The fourth-order valence-corrected chi connectivity index (χ4v) is 3.96. The number of pyridine rings is 1. The normalized spacial score (nSPS) is 19.0. The van der Waals surface area contributed by atoms with E-state index in [0.717, 1.165) is 44.3 Å². The summed E-state index contributed by atoms with van der Waals surface area (Å²) in [5.41, 5.74) is -0.445. The second-order valence-electron chi connectivity index (χ2n) is 8.66. The topological polar surface area (TPSA) is 60.5 Å². The highest BCUT2D eigenvalue weighted by Gasteiger charge is 2.31. The van der Waals surface area contributed by atoms with Crippen LogP contribution in [0.25, 0.3) is 0 Å². The Kier molecular flexibility index (Phi) is 8.44. The van der Waals surface area contributed by atoms with Gasteiger partial charge in [-0.25, -0.2) is 0 Å². The van der Waals surface area contributed by atoms with E-state index >= 15 is 0 Å². The Bertz CT molecular complexity index is 850. The van der Waals surface area contributed by atoms with Crippen molar-refractivity contribution < 1.29 is 14.3 Å². The molecule has 0 saturated heterocycles. The molecule has 0 spiro atoms. The number of hydrogen-bond donors (Lipinski definition) is 1. The SMILES string of the molecule is CC(C)(CCCOc1ccc(Cl)cc1)C(=O)NC1CCC(Oc2cnccc2Cl)CC1. The molecule has 1 fully saturated rings. The van der Waals surface area contributed by atoms with Gasteiger partial charge in [-0.1, -0.05) is 37.0 Å². The summed E-state index contributed by atoms with van der Waals surface area (Å²) in [5, 5.41) is 4.49. The number of amides is 1. The maximum atomic E-state index is 12.8. The number of nitrogens with one attached hydrogen (secondary N) is 1. The molecule has 0 aliphatic heterocycles. The lowest BCUT2D eigenvalue weighted by molar-refractivity contribution is -0.130. The molecule has 3 rings (SSSR count). The average Bonchev–Trinajstić information content (AvgIpc) is 2.75. The molecule has 7 heteroatoms. The van der Waals surface area contributed by atoms with Crippen molar-refractivity contribution in [1.82, 2.24) is 10.3 Å². The maximum absolute atomic E-state index is 12.8. The van der Waals surface area contributed by atoms with Gasteiger partial charge in [-0.3, -0.25) is 9.78 Å². The van der Waals surface area contributed by atoms with E-state index in [9.17, 15) is 4.79 Å². The third-order valence-corrected chi connectivity index (χ3v) is 6.24. The molecule has 1 amide bonds. The highest BCUT2D eigenvalue weighted by atomic mass is 35.5. The number of nitrogens with zero attached hydrogens (tertiary/aromatic N) is 1. The van der Waals surface area contributed by atoms with Crippen LogP contribution in [0.15, 0.2) is 42.7 Å². The molecular formula is C24H30Cl2N2O3. The Morgan fingerprint density at radius 3 is 2.52 bits per heavy atom. The molecular weight excluding hydrogens is 435 g/mol. The maximum Gasteiger partial charge on any atom is 0.225 e. The monoisotopic (exact) mass is 464 g/mol. The molecule has 1 heterocycles. The Morgan fingerprint density at radius 1 is 1.13 bits per heavy atom. The number of hydrogen-bond acceptors (Lipinski definition) is 4. The summed E-state index contributed by atoms with van der Waals surface area (Å²) in [6.45, 7) is 4.55. The van der Waals surface area contributed by atoms with Gasteiger partial charge in [0.1, 0.15) is 5.75 Å². The minimum Gasteiger partial charge on any atom is -0.494 e. The van der Waals surface area contributed by atoms with Crippen molar-refractivity contribution in [2.45, 2.75) is 64.5 Å². The fourth-order valence-electron chi connectivity index (χ4n) is 3.68. The first-order chi connectivity index (χ1) is 14.8. The smallest absolute Gasteiger partial charge is 0.225 e. The van der Waals surface area contributed by atoms with E-state index in [0.29, 0.717) is 22.4 Å². The molecule has 31 heavy (non-hydrogen) atoms. The van der Waals surface area contributed by atoms with Crippen molar-refractivity contribution in [1.29, 1.82) is 0 Å².